The van der Waals surface area contributed by atoms with Crippen molar-refractivity contribution in [3.8, 4) is 0 Å². The van der Waals surface area contributed by atoms with Crippen LogP contribution in [0.5, 0.6) is 0 Å². The third kappa shape index (κ3) is 3.10. The Bertz CT molecular complexity index is 253. The van der Waals surface area contributed by atoms with E-state index >= 15 is 0 Å². The van der Waals surface area contributed by atoms with Gasteiger partial charge in [-0.15, -0.1) is 11.8 Å². The van der Waals surface area contributed by atoms with Crippen LogP contribution in [0.15, 0.2) is 11.1 Å². The van der Waals surface area contributed by atoms with Gasteiger partial charge in [-0.25, -0.2) is 4.98 Å². The molecule has 0 amide bonds. The van der Waals surface area contributed by atoms with Gasteiger partial charge in [0.1, 0.15) is 10.8 Å². The first kappa shape index (κ1) is 10.1. The highest BCUT2D eigenvalue weighted by molar-refractivity contribution is 7.99. The minimum absolute atomic E-state index is 0.328. The van der Waals surface area contributed by atoms with E-state index in [2.05, 4.69) is 22.2 Å². The van der Waals surface area contributed by atoms with Crippen molar-refractivity contribution in [2.24, 2.45) is 0 Å². The number of nitrogens with one attached hydrogen (secondary N) is 1. The number of hydrogen-bond acceptors (Lipinski definition) is 5. The van der Waals surface area contributed by atoms with E-state index in [0.717, 1.165) is 23.1 Å². The molecule has 1 rings (SSSR count). The highest BCUT2D eigenvalue weighted by atomic mass is 32.2. The van der Waals surface area contributed by atoms with E-state index in [1.165, 1.54) is 0 Å². The van der Waals surface area contributed by atoms with Gasteiger partial charge < -0.3 is 11.1 Å². The van der Waals surface area contributed by atoms with Gasteiger partial charge in [0.2, 0.25) is 5.95 Å². The van der Waals surface area contributed by atoms with Crippen LogP contribution in [0.3, 0.4) is 0 Å². The Balaban J connectivity index is 2.83. The van der Waals surface area contributed by atoms with Gasteiger partial charge in [-0.3, -0.25) is 0 Å². The standard InChI is InChI=1S/C8H14N4S/c1-3-10-6-5-7(13-4-2)12-8(9)11-6/h5H,3-4H2,1-2H3,(H3,9,10,11,12). The highest BCUT2D eigenvalue weighted by Crippen LogP contribution is 2.18. The molecule has 0 unspecified atom stereocenters. The van der Waals surface area contributed by atoms with Crippen molar-refractivity contribution in [1.29, 1.82) is 0 Å². The van der Waals surface area contributed by atoms with Crippen molar-refractivity contribution in [3.05, 3.63) is 6.07 Å². The van der Waals surface area contributed by atoms with Crippen LogP contribution in [-0.2, 0) is 0 Å². The first-order valence-electron chi connectivity index (χ1n) is 4.27. The maximum Gasteiger partial charge on any atom is 0.223 e. The Morgan fingerprint density at radius 3 is 2.85 bits per heavy atom. The topological polar surface area (TPSA) is 63.8 Å². The summed E-state index contributed by atoms with van der Waals surface area (Å²) in [5, 5.41) is 4.02. The van der Waals surface area contributed by atoms with Gasteiger partial charge in [0.15, 0.2) is 0 Å². The van der Waals surface area contributed by atoms with Gasteiger partial charge in [0.25, 0.3) is 0 Å². The Morgan fingerprint density at radius 2 is 2.23 bits per heavy atom. The smallest absolute Gasteiger partial charge is 0.223 e. The first-order valence-corrected chi connectivity index (χ1v) is 5.26. The average molecular weight is 198 g/mol. The summed E-state index contributed by atoms with van der Waals surface area (Å²) in [6, 6.07) is 1.91. The zero-order chi connectivity index (χ0) is 9.68. The average Bonchev–Trinajstić information content (AvgIpc) is 2.04. The van der Waals surface area contributed by atoms with E-state index in [1.807, 2.05) is 13.0 Å². The van der Waals surface area contributed by atoms with E-state index in [-0.39, 0.29) is 0 Å². The van der Waals surface area contributed by atoms with Gasteiger partial charge >= 0.3 is 0 Å². The normalized spacial score (nSPS) is 10.0. The number of anilines is 2. The Kier molecular flexibility index (Phi) is 3.82. The van der Waals surface area contributed by atoms with Crippen molar-refractivity contribution < 1.29 is 0 Å². The van der Waals surface area contributed by atoms with Crippen LogP contribution in [0.2, 0.25) is 0 Å². The molecular formula is C8H14N4S. The molecule has 0 radical (unpaired) electrons. The fourth-order valence-corrected chi connectivity index (χ4v) is 1.59. The summed E-state index contributed by atoms with van der Waals surface area (Å²) in [5.41, 5.74) is 5.54. The van der Waals surface area contributed by atoms with Gasteiger partial charge in [-0.05, 0) is 12.7 Å². The highest BCUT2D eigenvalue weighted by Gasteiger charge is 2.00. The van der Waals surface area contributed by atoms with E-state index in [4.69, 9.17) is 5.73 Å². The molecule has 1 aromatic rings. The SMILES string of the molecule is CCNc1cc(SCC)nc(N)n1. The second-order valence-electron chi connectivity index (χ2n) is 2.41. The Labute approximate surface area is 82.3 Å². The lowest BCUT2D eigenvalue weighted by Crippen LogP contribution is -2.03. The molecule has 0 atom stereocenters. The van der Waals surface area contributed by atoms with Crippen LogP contribution in [-0.4, -0.2) is 22.3 Å². The quantitative estimate of drug-likeness (QED) is 0.568. The summed E-state index contributed by atoms with van der Waals surface area (Å²) in [5.74, 6) is 2.11. The first-order chi connectivity index (χ1) is 6.26. The third-order valence-corrected chi connectivity index (χ3v) is 2.16. The number of nitrogens with zero attached hydrogens (tertiary/aromatic N) is 2. The minimum atomic E-state index is 0.328. The maximum atomic E-state index is 5.54. The molecule has 0 spiro atoms. The second kappa shape index (κ2) is 4.91. The van der Waals surface area contributed by atoms with Crippen LogP contribution in [0, 0.1) is 0 Å². The lowest BCUT2D eigenvalue weighted by atomic mass is 10.5. The minimum Gasteiger partial charge on any atom is -0.370 e. The summed E-state index contributed by atoms with van der Waals surface area (Å²) in [4.78, 5) is 8.14. The van der Waals surface area contributed by atoms with Crippen molar-refractivity contribution in [1.82, 2.24) is 9.97 Å². The van der Waals surface area contributed by atoms with E-state index < -0.39 is 0 Å². The molecule has 0 aliphatic rings. The molecule has 4 nitrogen and oxygen atoms in total. The predicted octanol–water partition coefficient (Wildman–Crippen LogP) is 1.60. The molecule has 5 heteroatoms. The van der Waals surface area contributed by atoms with Crippen molar-refractivity contribution in [2.75, 3.05) is 23.3 Å². The van der Waals surface area contributed by atoms with Crippen LogP contribution in [0.25, 0.3) is 0 Å². The van der Waals surface area contributed by atoms with Crippen LogP contribution < -0.4 is 11.1 Å². The molecule has 3 N–H and O–H groups in total. The largest absolute Gasteiger partial charge is 0.370 e. The molecule has 0 saturated heterocycles. The van der Waals surface area contributed by atoms with Crippen LogP contribution in [0.1, 0.15) is 13.8 Å². The molecule has 0 saturated carbocycles. The van der Waals surface area contributed by atoms with Gasteiger partial charge in [-0.1, -0.05) is 6.92 Å². The van der Waals surface area contributed by atoms with Crippen molar-refractivity contribution >= 4 is 23.5 Å². The fourth-order valence-electron chi connectivity index (χ4n) is 0.936. The number of rotatable bonds is 4. The van der Waals surface area contributed by atoms with Gasteiger partial charge in [0.05, 0.1) is 0 Å². The second-order valence-corrected chi connectivity index (χ2v) is 3.70. The summed E-state index contributed by atoms with van der Waals surface area (Å²) < 4.78 is 0. The molecule has 1 aromatic heterocycles. The molecule has 0 aromatic carbocycles. The molecule has 0 fully saturated rings. The Morgan fingerprint density at radius 1 is 1.46 bits per heavy atom. The van der Waals surface area contributed by atoms with Gasteiger partial charge in [-0.2, -0.15) is 4.98 Å². The van der Waals surface area contributed by atoms with E-state index in [1.54, 1.807) is 11.8 Å². The lowest BCUT2D eigenvalue weighted by Gasteiger charge is -2.04. The molecule has 72 valence electrons. The molecule has 0 aliphatic carbocycles. The molecule has 1 heterocycles. The molecule has 13 heavy (non-hydrogen) atoms. The molecule has 0 aliphatic heterocycles. The van der Waals surface area contributed by atoms with E-state index in [9.17, 15) is 0 Å². The predicted molar refractivity (Wildman–Crippen MR) is 57.0 cm³/mol. The van der Waals surface area contributed by atoms with Crippen molar-refractivity contribution in [2.45, 2.75) is 18.9 Å². The number of nitrogens with two attached hydrogens (primary N) is 1. The van der Waals surface area contributed by atoms with Gasteiger partial charge in [0, 0.05) is 12.6 Å². The fraction of sp³-hybridized carbons (Fsp3) is 0.500. The summed E-state index contributed by atoms with van der Waals surface area (Å²) in [6.45, 7) is 4.94. The summed E-state index contributed by atoms with van der Waals surface area (Å²) in [7, 11) is 0. The molecular weight excluding hydrogens is 184 g/mol. The zero-order valence-electron chi connectivity index (χ0n) is 7.87. The Hall–Kier alpha value is -0.970. The monoisotopic (exact) mass is 198 g/mol. The van der Waals surface area contributed by atoms with Crippen LogP contribution >= 0.6 is 11.8 Å². The lowest BCUT2D eigenvalue weighted by molar-refractivity contribution is 1.05. The zero-order valence-corrected chi connectivity index (χ0v) is 8.69. The number of aromatic nitrogens is 2. The van der Waals surface area contributed by atoms with Crippen molar-refractivity contribution in [3.63, 3.8) is 0 Å². The maximum absolute atomic E-state index is 5.54. The summed E-state index contributed by atoms with van der Waals surface area (Å²) in [6.07, 6.45) is 0. The third-order valence-electron chi connectivity index (χ3n) is 1.37. The number of nitrogen functional groups attached to an aromatic ring is 1. The molecule has 0 bridgehead atoms. The number of hydrogen-bond donors (Lipinski definition) is 2. The van der Waals surface area contributed by atoms with E-state index in [0.29, 0.717) is 5.95 Å². The summed E-state index contributed by atoms with van der Waals surface area (Å²) >= 11 is 1.66. The number of thioether (sulfide) groups is 1. The van der Waals surface area contributed by atoms with Crippen LogP contribution in [0.4, 0.5) is 11.8 Å².